The van der Waals surface area contributed by atoms with E-state index in [1.807, 2.05) is 50.2 Å². The molecule has 0 radical (unpaired) electrons. The maximum atomic E-state index is 12.2. The summed E-state index contributed by atoms with van der Waals surface area (Å²) in [6.07, 6.45) is 0. The number of aryl methyl sites for hydroxylation is 1. The number of benzene rings is 2. The van der Waals surface area contributed by atoms with Crippen LogP contribution in [0, 0.1) is 6.92 Å². The quantitative estimate of drug-likeness (QED) is 0.629. The Hall–Kier alpha value is -2.64. The number of carbonyl (C=O) groups is 1. The van der Waals surface area contributed by atoms with Crippen molar-refractivity contribution in [1.29, 1.82) is 0 Å². The molecule has 158 valence electrons. The highest BCUT2D eigenvalue weighted by Crippen LogP contribution is 2.31. The number of carbonyl (C=O) groups excluding carboxylic acids is 1. The van der Waals surface area contributed by atoms with E-state index in [4.69, 9.17) is 9.72 Å². The fourth-order valence-electron chi connectivity index (χ4n) is 3.58. The summed E-state index contributed by atoms with van der Waals surface area (Å²) in [6, 6.07) is 13.8. The normalized spacial score (nSPS) is 14.8. The standard InChI is InChI=1S/C23H28N4O2S/c1-3-29-19-8-9-20-21(16-19)30-23(25-20)27-14-12-26(13-15-27)11-10-24-22(28)18-6-4-17(2)5-7-18/h4-9,16H,3,10-15H2,1-2H3,(H,24,28). The van der Waals surface area contributed by atoms with Crippen LogP contribution >= 0.6 is 11.3 Å². The molecule has 7 heteroatoms. The van der Waals surface area contributed by atoms with Gasteiger partial charge in [0.05, 0.1) is 16.8 Å². The molecule has 1 N–H and O–H groups in total. The first-order valence-electron chi connectivity index (χ1n) is 10.5. The molecular formula is C23H28N4O2S. The predicted octanol–water partition coefficient (Wildman–Crippen LogP) is 3.56. The SMILES string of the molecule is CCOc1ccc2nc(N3CCN(CCNC(=O)c4ccc(C)cc4)CC3)sc2c1. The molecule has 1 amide bonds. The van der Waals surface area contributed by atoms with Crippen LogP contribution in [0.5, 0.6) is 5.75 Å². The second-order valence-corrected chi connectivity index (χ2v) is 8.52. The molecule has 0 aliphatic carbocycles. The van der Waals surface area contributed by atoms with E-state index in [1.54, 1.807) is 11.3 Å². The van der Waals surface area contributed by atoms with Crippen LogP contribution in [0.4, 0.5) is 5.13 Å². The molecule has 2 aromatic carbocycles. The van der Waals surface area contributed by atoms with E-state index < -0.39 is 0 Å². The summed E-state index contributed by atoms with van der Waals surface area (Å²) in [5.74, 6) is 0.896. The Morgan fingerprint density at radius 2 is 1.90 bits per heavy atom. The van der Waals surface area contributed by atoms with Gasteiger partial charge in [-0.2, -0.15) is 0 Å². The van der Waals surface area contributed by atoms with Crippen LogP contribution in [0.25, 0.3) is 10.2 Å². The predicted molar refractivity (Wildman–Crippen MR) is 123 cm³/mol. The highest BCUT2D eigenvalue weighted by Gasteiger charge is 2.20. The number of fused-ring (bicyclic) bond motifs is 1. The van der Waals surface area contributed by atoms with Gasteiger partial charge in [-0.15, -0.1) is 0 Å². The number of nitrogens with zero attached hydrogens (tertiary/aromatic N) is 3. The minimum absolute atomic E-state index is 0.00506. The first kappa shape index (κ1) is 20.6. The van der Waals surface area contributed by atoms with Gasteiger partial charge in [0.1, 0.15) is 5.75 Å². The molecule has 2 heterocycles. The van der Waals surface area contributed by atoms with Crippen molar-refractivity contribution in [3.05, 3.63) is 53.6 Å². The highest BCUT2D eigenvalue weighted by atomic mass is 32.1. The second kappa shape index (κ2) is 9.45. The fourth-order valence-corrected chi connectivity index (χ4v) is 4.63. The first-order valence-corrected chi connectivity index (χ1v) is 11.3. The summed E-state index contributed by atoms with van der Waals surface area (Å²) >= 11 is 1.72. The zero-order valence-electron chi connectivity index (χ0n) is 17.6. The van der Waals surface area contributed by atoms with Crippen LogP contribution in [0.15, 0.2) is 42.5 Å². The van der Waals surface area contributed by atoms with E-state index in [2.05, 4.69) is 21.2 Å². The number of rotatable bonds is 7. The van der Waals surface area contributed by atoms with Gasteiger partial charge in [-0.3, -0.25) is 9.69 Å². The number of aromatic nitrogens is 1. The lowest BCUT2D eigenvalue weighted by atomic mass is 10.1. The van der Waals surface area contributed by atoms with Crippen LogP contribution < -0.4 is 15.0 Å². The number of amides is 1. The fraction of sp³-hybridized carbons (Fsp3) is 0.391. The zero-order chi connectivity index (χ0) is 20.9. The van der Waals surface area contributed by atoms with Crippen molar-refractivity contribution in [2.45, 2.75) is 13.8 Å². The highest BCUT2D eigenvalue weighted by molar-refractivity contribution is 7.22. The average molecular weight is 425 g/mol. The van der Waals surface area contributed by atoms with Crippen LogP contribution in [-0.2, 0) is 0 Å². The Labute approximate surface area is 181 Å². The van der Waals surface area contributed by atoms with Crippen molar-refractivity contribution >= 4 is 32.6 Å². The molecule has 0 atom stereocenters. The maximum absolute atomic E-state index is 12.2. The lowest BCUT2D eigenvalue weighted by Gasteiger charge is -2.34. The number of piperazine rings is 1. The molecule has 6 nitrogen and oxygen atoms in total. The molecule has 1 aliphatic heterocycles. The Morgan fingerprint density at radius 1 is 1.13 bits per heavy atom. The molecule has 1 fully saturated rings. The summed E-state index contributed by atoms with van der Waals surface area (Å²) in [4.78, 5) is 21.8. The number of nitrogens with one attached hydrogen (secondary N) is 1. The van der Waals surface area contributed by atoms with Crippen LogP contribution in [0.1, 0.15) is 22.8 Å². The third-order valence-corrected chi connectivity index (χ3v) is 6.41. The average Bonchev–Trinajstić information content (AvgIpc) is 3.18. The number of hydrogen-bond acceptors (Lipinski definition) is 6. The summed E-state index contributed by atoms with van der Waals surface area (Å²) in [7, 11) is 0. The molecule has 4 rings (SSSR count). The first-order chi connectivity index (χ1) is 14.6. The van der Waals surface area contributed by atoms with E-state index in [-0.39, 0.29) is 5.91 Å². The van der Waals surface area contributed by atoms with Crippen molar-refractivity contribution in [2.75, 3.05) is 50.8 Å². The molecular weight excluding hydrogens is 396 g/mol. The minimum Gasteiger partial charge on any atom is -0.494 e. The van der Waals surface area contributed by atoms with Gasteiger partial charge in [-0.05, 0) is 44.2 Å². The van der Waals surface area contributed by atoms with Gasteiger partial charge in [-0.1, -0.05) is 29.0 Å². The van der Waals surface area contributed by atoms with Crippen molar-refractivity contribution in [3.63, 3.8) is 0 Å². The van der Waals surface area contributed by atoms with Gasteiger partial charge in [-0.25, -0.2) is 4.98 Å². The van der Waals surface area contributed by atoms with E-state index in [0.29, 0.717) is 18.7 Å². The van der Waals surface area contributed by atoms with Crippen molar-refractivity contribution < 1.29 is 9.53 Å². The summed E-state index contributed by atoms with van der Waals surface area (Å²) in [5.41, 5.74) is 2.90. The van der Waals surface area contributed by atoms with E-state index in [1.165, 1.54) is 0 Å². The maximum Gasteiger partial charge on any atom is 0.251 e. The van der Waals surface area contributed by atoms with Gasteiger partial charge < -0.3 is 15.0 Å². The number of ether oxygens (including phenoxy) is 1. The lowest BCUT2D eigenvalue weighted by molar-refractivity contribution is 0.0948. The van der Waals surface area contributed by atoms with E-state index in [9.17, 15) is 4.79 Å². The van der Waals surface area contributed by atoms with Gasteiger partial charge in [0.2, 0.25) is 0 Å². The molecule has 1 saturated heterocycles. The molecule has 0 saturated carbocycles. The third-order valence-electron chi connectivity index (χ3n) is 5.33. The van der Waals surface area contributed by atoms with Gasteiger partial charge >= 0.3 is 0 Å². The van der Waals surface area contributed by atoms with Crippen molar-refractivity contribution in [3.8, 4) is 5.75 Å². The number of hydrogen-bond donors (Lipinski definition) is 1. The zero-order valence-corrected chi connectivity index (χ0v) is 18.4. The molecule has 1 aromatic heterocycles. The lowest BCUT2D eigenvalue weighted by Crippen LogP contribution is -2.48. The number of anilines is 1. The summed E-state index contributed by atoms with van der Waals surface area (Å²) in [6.45, 7) is 10.1. The Balaban J connectivity index is 1.25. The van der Waals surface area contributed by atoms with E-state index in [0.717, 1.165) is 59.4 Å². The van der Waals surface area contributed by atoms with Crippen LogP contribution in [0.3, 0.4) is 0 Å². The molecule has 0 unspecified atom stereocenters. The molecule has 1 aliphatic rings. The third kappa shape index (κ3) is 4.91. The molecule has 0 spiro atoms. The van der Waals surface area contributed by atoms with E-state index >= 15 is 0 Å². The minimum atomic E-state index is -0.00506. The monoisotopic (exact) mass is 424 g/mol. The van der Waals surface area contributed by atoms with Crippen LogP contribution in [-0.4, -0.2) is 61.7 Å². The summed E-state index contributed by atoms with van der Waals surface area (Å²) in [5, 5.41) is 4.10. The molecule has 3 aromatic rings. The topological polar surface area (TPSA) is 57.7 Å². The van der Waals surface area contributed by atoms with Gasteiger partial charge in [0.15, 0.2) is 5.13 Å². The smallest absolute Gasteiger partial charge is 0.251 e. The Bertz CT molecular complexity index is 994. The van der Waals surface area contributed by atoms with Gasteiger partial charge in [0, 0.05) is 44.8 Å². The van der Waals surface area contributed by atoms with Crippen molar-refractivity contribution in [1.82, 2.24) is 15.2 Å². The Morgan fingerprint density at radius 3 is 2.63 bits per heavy atom. The van der Waals surface area contributed by atoms with Crippen molar-refractivity contribution in [2.24, 2.45) is 0 Å². The second-order valence-electron chi connectivity index (χ2n) is 7.51. The van der Waals surface area contributed by atoms with Crippen LogP contribution in [0.2, 0.25) is 0 Å². The Kier molecular flexibility index (Phi) is 6.50. The molecule has 0 bridgehead atoms. The summed E-state index contributed by atoms with van der Waals surface area (Å²) < 4.78 is 6.76. The molecule has 30 heavy (non-hydrogen) atoms. The largest absolute Gasteiger partial charge is 0.494 e. The number of thiazole rings is 1. The van der Waals surface area contributed by atoms with Gasteiger partial charge in [0.25, 0.3) is 5.91 Å².